The van der Waals surface area contributed by atoms with Crippen LogP contribution >= 0.6 is 11.3 Å². The van der Waals surface area contributed by atoms with Crippen molar-refractivity contribution in [1.82, 2.24) is 20.3 Å². The predicted octanol–water partition coefficient (Wildman–Crippen LogP) is 2.36. The third-order valence-electron chi connectivity index (χ3n) is 2.80. The molecule has 96 valence electrons. The van der Waals surface area contributed by atoms with Gasteiger partial charge in [-0.3, -0.25) is 4.79 Å². The molecule has 1 unspecified atom stereocenters. The molecule has 1 amide bonds. The molecule has 5 nitrogen and oxygen atoms in total. The molecule has 0 aliphatic carbocycles. The monoisotopic (exact) mass is 264 g/mol. The van der Waals surface area contributed by atoms with E-state index < -0.39 is 0 Å². The Kier molecular flexibility index (Phi) is 3.76. The quantitative estimate of drug-likeness (QED) is 0.890. The number of aromatic nitrogens is 3. The van der Waals surface area contributed by atoms with Crippen LogP contribution in [0.1, 0.15) is 45.5 Å². The molecular formula is C12H16N4OS. The smallest absolute Gasteiger partial charge is 0.269 e. The van der Waals surface area contributed by atoms with E-state index in [0.717, 1.165) is 17.1 Å². The summed E-state index contributed by atoms with van der Waals surface area (Å²) in [6.45, 7) is 6.06. The van der Waals surface area contributed by atoms with Gasteiger partial charge in [0.25, 0.3) is 5.91 Å². The molecule has 0 fully saturated rings. The van der Waals surface area contributed by atoms with Gasteiger partial charge < -0.3 is 10.3 Å². The average molecular weight is 264 g/mol. The van der Waals surface area contributed by atoms with Crippen LogP contribution in [-0.4, -0.2) is 20.9 Å². The van der Waals surface area contributed by atoms with E-state index in [2.05, 4.69) is 20.3 Å². The van der Waals surface area contributed by atoms with Crippen LogP contribution in [0.5, 0.6) is 0 Å². The summed E-state index contributed by atoms with van der Waals surface area (Å²) in [5.74, 6) is -0.148. The zero-order valence-corrected chi connectivity index (χ0v) is 11.5. The van der Waals surface area contributed by atoms with Gasteiger partial charge in [-0.25, -0.2) is 9.97 Å². The van der Waals surface area contributed by atoms with Crippen molar-refractivity contribution in [3.63, 3.8) is 0 Å². The topological polar surface area (TPSA) is 70.7 Å². The Bertz CT molecular complexity index is 513. The van der Waals surface area contributed by atoms with E-state index in [1.807, 2.05) is 20.8 Å². The van der Waals surface area contributed by atoms with Crippen LogP contribution in [0.4, 0.5) is 0 Å². The van der Waals surface area contributed by atoms with Gasteiger partial charge >= 0.3 is 0 Å². The van der Waals surface area contributed by atoms with E-state index in [0.29, 0.717) is 5.69 Å². The fourth-order valence-electron chi connectivity index (χ4n) is 1.60. The number of thiazole rings is 1. The number of aryl methyl sites for hydroxylation is 2. The molecule has 2 aromatic heterocycles. The largest absolute Gasteiger partial charge is 0.341 e. The Balaban J connectivity index is 2.12. The molecule has 2 heterocycles. The Morgan fingerprint density at radius 1 is 1.56 bits per heavy atom. The van der Waals surface area contributed by atoms with Crippen LogP contribution in [0.3, 0.4) is 0 Å². The minimum atomic E-state index is -0.148. The highest BCUT2D eigenvalue weighted by atomic mass is 32.1. The third-order valence-corrected chi connectivity index (χ3v) is 3.99. The van der Waals surface area contributed by atoms with E-state index in [1.54, 1.807) is 11.3 Å². The number of hydrogen-bond donors (Lipinski definition) is 2. The number of H-pyrrole nitrogens is 1. The molecule has 0 spiro atoms. The van der Waals surface area contributed by atoms with E-state index in [1.165, 1.54) is 17.4 Å². The molecule has 0 aromatic carbocycles. The van der Waals surface area contributed by atoms with Gasteiger partial charge in [-0.1, -0.05) is 6.92 Å². The Labute approximate surface area is 110 Å². The van der Waals surface area contributed by atoms with Crippen molar-refractivity contribution in [2.45, 2.75) is 33.2 Å². The fourth-order valence-corrected chi connectivity index (χ4v) is 2.66. The fraction of sp³-hybridized carbons (Fsp3) is 0.417. The summed E-state index contributed by atoms with van der Waals surface area (Å²) in [6.07, 6.45) is 3.82. The van der Waals surface area contributed by atoms with Crippen molar-refractivity contribution >= 4 is 17.2 Å². The minimum absolute atomic E-state index is 0.0433. The molecule has 1 atom stereocenters. The third kappa shape index (κ3) is 2.59. The lowest BCUT2D eigenvalue weighted by molar-refractivity contribution is 0.0931. The molecule has 0 aliphatic heterocycles. The number of aromatic amines is 1. The molecular weight excluding hydrogens is 248 g/mol. The number of hydrogen-bond acceptors (Lipinski definition) is 4. The van der Waals surface area contributed by atoms with Gasteiger partial charge in [0.1, 0.15) is 10.7 Å². The van der Waals surface area contributed by atoms with Crippen LogP contribution in [0, 0.1) is 13.8 Å². The standard InChI is InChI=1S/C12H16N4OS/c1-4-9(12-15-7(2)8(3)18-12)16-11(17)10-5-13-6-14-10/h5-6,9H,4H2,1-3H3,(H,13,14)(H,16,17). The van der Waals surface area contributed by atoms with Gasteiger partial charge in [0, 0.05) is 4.88 Å². The molecule has 0 saturated carbocycles. The molecule has 0 radical (unpaired) electrons. The molecule has 2 aromatic rings. The number of amides is 1. The number of rotatable bonds is 4. The Morgan fingerprint density at radius 2 is 2.33 bits per heavy atom. The van der Waals surface area contributed by atoms with Crippen LogP contribution in [0.25, 0.3) is 0 Å². The maximum Gasteiger partial charge on any atom is 0.269 e. The van der Waals surface area contributed by atoms with E-state index in [-0.39, 0.29) is 11.9 Å². The second kappa shape index (κ2) is 5.30. The SMILES string of the molecule is CCC(NC(=O)c1cnc[nH]1)c1nc(C)c(C)s1. The molecule has 0 saturated heterocycles. The maximum atomic E-state index is 11.9. The van der Waals surface area contributed by atoms with Crippen LogP contribution in [0.15, 0.2) is 12.5 Å². The van der Waals surface area contributed by atoms with Gasteiger partial charge in [0.15, 0.2) is 0 Å². The number of carbonyl (C=O) groups excluding carboxylic acids is 1. The highest BCUT2D eigenvalue weighted by molar-refractivity contribution is 7.11. The van der Waals surface area contributed by atoms with Crippen molar-refractivity contribution < 1.29 is 4.79 Å². The van der Waals surface area contributed by atoms with Crippen molar-refractivity contribution in [3.8, 4) is 0 Å². The molecule has 6 heteroatoms. The second-order valence-electron chi connectivity index (χ2n) is 4.09. The number of imidazole rings is 1. The van der Waals surface area contributed by atoms with Crippen molar-refractivity contribution in [1.29, 1.82) is 0 Å². The second-order valence-corrected chi connectivity index (χ2v) is 5.33. The lowest BCUT2D eigenvalue weighted by Crippen LogP contribution is -2.28. The molecule has 0 bridgehead atoms. The highest BCUT2D eigenvalue weighted by Crippen LogP contribution is 2.24. The average Bonchev–Trinajstić information content (AvgIpc) is 2.97. The van der Waals surface area contributed by atoms with E-state index >= 15 is 0 Å². The van der Waals surface area contributed by atoms with E-state index in [9.17, 15) is 4.79 Å². The summed E-state index contributed by atoms with van der Waals surface area (Å²) in [6, 6.07) is -0.0433. The van der Waals surface area contributed by atoms with Crippen LogP contribution < -0.4 is 5.32 Å². The lowest BCUT2D eigenvalue weighted by Gasteiger charge is -2.13. The summed E-state index contributed by atoms with van der Waals surface area (Å²) in [5.41, 5.74) is 1.50. The van der Waals surface area contributed by atoms with E-state index in [4.69, 9.17) is 0 Å². The van der Waals surface area contributed by atoms with Crippen molar-refractivity contribution in [3.05, 3.63) is 33.8 Å². The Hall–Kier alpha value is -1.69. The maximum absolute atomic E-state index is 11.9. The summed E-state index contributed by atoms with van der Waals surface area (Å²) >= 11 is 1.63. The highest BCUT2D eigenvalue weighted by Gasteiger charge is 2.18. The molecule has 0 aliphatic rings. The summed E-state index contributed by atoms with van der Waals surface area (Å²) < 4.78 is 0. The minimum Gasteiger partial charge on any atom is -0.341 e. The van der Waals surface area contributed by atoms with Gasteiger partial charge in [-0.15, -0.1) is 11.3 Å². The predicted molar refractivity (Wildman–Crippen MR) is 70.7 cm³/mol. The van der Waals surface area contributed by atoms with Crippen molar-refractivity contribution in [2.24, 2.45) is 0 Å². The first kappa shape index (κ1) is 12.8. The lowest BCUT2D eigenvalue weighted by atomic mass is 10.2. The van der Waals surface area contributed by atoms with Gasteiger partial charge in [0.2, 0.25) is 0 Å². The zero-order valence-electron chi connectivity index (χ0n) is 10.7. The molecule has 2 rings (SSSR count). The normalized spacial score (nSPS) is 12.4. The summed E-state index contributed by atoms with van der Waals surface area (Å²) in [5, 5.41) is 3.92. The summed E-state index contributed by atoms with van der Waals surface area (Å²) in [4.78, 5) is 24.3. The van der Waals surface area contributed by atoms with Crippen molar-refractivity contribution in [2.75, 3.05) is 0 Å². The number of nitrogens with one attached hydrogen (secondary N) is 2. The number of carbonyl (C=O) groups is 1. The Morgan fingerprint density at radius 3 is 2.83 bits per heavy atom. The first-order valence-electron chi connectivity index (χ1n) is 5.85. The van der Waals surface area contributed by atoms with Crippen LogP contribution in [0.2, 0.25) is 0 Å². The first-order chi connectivity index (χ1) is 8.61. The summed E-state index contributed by atoms with van der Waals surface area (Å²) in [7, 11) is 0. The van der Waals surface area contributed by atoms with Gasteiger partial charge in [0.05, 0.1) is 24.3 Å². The van der Waals surface area contributed by atoms with Gasteiger partial charge in [-0.2, -0.15) is 0 Å². The number of nitrogens with zero attached hydrogens (tertiary/aromatic N) is 2. The zero-order chi connectivity index (χ0) is 13.1. The molecule has 2 N–H and O–H groups in total. The first-order valence-corrected chi connectivity index (χ1v) is 6.66. The van der Waals surface area contributed by atoms with Crippen LogP contribution in [-0.2, 0) is 0 Å². The van der Waals surface area contributed by atoms with Gasteiger partial charge in [-0.05, 0) is 20.3 Å². The molecule has 18 heavy (non-hydrogen) atoms.